The van der Waals surface area contributed by atoms with Crippen LogP contribution in [-0.2, 0) is 12.1 Å². The second-order valence-electron chi connectivity index (χ2n) is 7.19. The molecule has 2 aliphatic rings. The standard InChI is InChI=1S/C20H23FN2O/c21-19-13-22-10-9-18(19)20(24)11-16-7-4-8-17(12-20)23(16)14-15-5-2-1-3-6-15/h1-3,5-6,9-10,13,16-17,24H,4,7-8,11-12,14H2. The smallest absolute Gasteiger partial charge is 0.147 e. The average Bonchev–Trinajstić information content (AvgIpc) is 2.57. The molecular weight excluding hydrogens is 303 g/mol. The van der Waals surface area contributed by atoms with Crippen molar-refractivity contribution in [3.8, 4) is 0 Å². The highest BCUT2D eigenvalue weighted by Gasteiger charge is 2.47. The largest absolute Gasteiger partial charge is 0.385 e. The van der Waals surface area contributed by atoms with Gasteiger partial charge in [0.2, 0.25) is 0 Å². The number of aliphatic hydroxyl groups is 1. The van der Waals surface area contributed by atoms with Crippen molar-refractivity contribution in [2.24, 2.45) is 0 Å². The summed E-state index contributed by atoms with van der Waals surface area (Å²) in [5, 5.41) is 11.2. The van der Waals surface area contributed by atoms with Crippen molar-refractivity contribution in [2.45, 2.75) is 56.3 Å². The highest BCUT2D eigenvalue weighted by Crippen LogP contribution is 2.45. The third-order valence-corrected chi connectivity index (χ3v) is 5.64. The Labute approximate surface area is 142 Å². The molecule has 4 rings (SSSR count). The maximum Gasteiger partial charge on any atom is 0.147 e. The summed E-state index contributed by atoms with van der Waals surface area (Å²) in [6.45, 7) is 0.908. The van der Waals surface area contributed by atoms with E-state index in [-0.39, 0.29) is 0 Å². The molecule has 0 radical (unpaired) electrons. The fourth-order valence-electron chi connectivity index (χ4n) is 4.55. The van der Waals surface area contributed by atoms with Crippen LogP contribution in [0.1, 0.15) is 43.2 Å². The summed E-state index contributed by atoms with van der Waals surface area (Å²) in [5.41, 5.74) is 0.638. The van der Waals surface area contributed by atoms with E-state index in [0.717, 1.165) is 19.4 Å². The molecule has 1 aromatic carbocycles. The third-order valence-electron chi connectivity index (χ3n) is 5.64. The Bertz CT molecular complexity index is 692. The SMILES string of the molecule is OC1(c2ccncc2F)CC2CCCC(C1)N2Cc1ccccc1. The first kappa shape index (κ1) is 15.7. The lowest BCUT2D eigenvalue weighted by atomic mass is 9.72. The minimum atomic E-state index is -1.07. The van der Waals surface area contributed by atoms with Crippen LogP contribution in [0.15, 0.2) is 48.8 Å². The van der Waals surface area contributed by atoms with Crippen molar-refractivity contribution in [2.75, 3.05) is 0 Å². The molecule has 0 spiro atoms. The molecule has 3 nitrogen and oxygen atoms in total. The molecule has 126 valence electrons. The zero-order valence-corrected chi connectivity index (χ0v) is 13.7. The number of aromatic nitrogens is 1. The van der Waals surface area contributed by atoms with Gasteiger partial charge in [-0.25, -0.2) is 4.39 Å². The number of fused-ring (bicyclic) bond motifs is 2. The van der Waals surface area contributed by atoms with E-state index in [2.05, 4.69) is 34.1 Å². The lowest BCUT2D eigenvalue weighted by Gasteiger charge is -2.52. The second kappa shape index (κ2) is 6.26. The van der Waals surface area contributed by atoms with E-state index >= 15 is 0 Å². The molecule has 2 aromatic rings. The lowest BCUT2D eigenvalue weighted by Crippen LogP contribution is -2.56. The molecule has 0 aliphatic carbocycles. The van der Waals surface area contributed by atoms with Crippen molar-refractivity contribution >= 4 is 0 Å². The van der Waals surface area contributed by atoms with Crippen LogP contribution in [0.3, 0.4) is 0 Å². The number of nitrogens with zero attached hydrogens (tertiary/aromatic N) is 2. The summed E-state index contributed by atoms with van der Waals surface area (Å²) in [6, 6.07) is 12.7. The summed E-state index contributed by atoms with van der Waals surface area (Å²) in [4.78, 5) is 6.34. The van der Waals surface area contributed by atoms with Crippen LogP contribution in [-0.4, -0.2) is 27.1 Å². The molecule has 2 bridgehead atoms. The van der Waals surface area contributed by atoms with E-state index in [1.54, 1.807) is 12.3 Å². The monoisotopic (exact) mass is 326 g/mol. The Kier molecular flexibility index (Phi) is 4.10. The molecule has 3 heterocycles. The molecule has 2 unspecified atom stereocenters. The average molecular weight is 326 g/mol. The van der Waals surface area contributed by atoms with Crippen LogP contribution in [0.5, 0.6) is 0 Å². The van der Waals surface area contributed by atoms with Gasteiger partial charge in [-0.15, -0.1) is 0 Å². The predicted molar refractivity (Wildman–Crippen MR) is 90.7 cm³/mol. The molecule has 2 atom stereocenters. The van der Waals surface area contributed by atoms with E-state index in [9.17, 15) is 9.50 Å². The highest BCUT2D eigenvalue weighted by molar-refractivity contribution is 5.24. The second-order valence-corrected chi connectivity index (χ2v) is 7.19. The number of piperidine rings is 2. The number of halogens is 1. The number of hydrogen-bond acceptors (Lipinski definition) is 3. The maximum absolute atomic E-state index is 14.2. The Balaban J connectivity index is 1.60. The van der Waals surface area contributed by atoms with Crippen molar-refractivity contribution in [3.63, 3.8) is 0 Å². The number of benzene rings is 1. The van der Waals surface area contributed by atoms with Gasteiger partial charge in [-0.3, -0.25) is 9.88 Å². The minimum Gasteiger partial charge on any atom is -0.385 e. The van der Waals surface area contributed by atoms with Gasteiger partial charge in [0.05, 0.1) is 11.8 Å². The van der Waals surface area contributed by atoms with Gasteiger partial charge in [-0.05, 0) is 37.3 Å². The Morgan fingerprint density at radius 3 is 2.50 bits per heavy atom. The summed E-state index contributed by atoms with van der Waals surface area (Å²) in [5.74, 6) is -0.394. The van der Waals surface area contributed by atoms with Crippen LogP contribution in [0.25, 0.3) is 0 Å². The molecule has 0 amide bonds. The van der Waals surface area contributed by atoms with Crippen LogP contribution in [0.2, 0.25) is 0 Å². The Morgan fingerprint density at radius 2 is 1.83 bits per heavy atom. The van der Waals surface area contributed by atoms with Crippen molar-refractivity contribution in [1.29, 1.82) is 0 Å². The van der Waals surface area contributed by atoms with Crippen molar-refractivity contribution in [3.05, 3.63) is 65.7 Å². The third kappa shape index (κ3) is 2.85. The van der Waals surface area contributed by atoms with Crippen LogP contribution >= 0.6 is 0 Å². The molecule has 2 fully saturated rings. The van der Waals surface area contributed by atoms with Crippen molar-refractivity contribution in [1.82, 2.24) is 9.88 Å². The van der Waals surface area contributed by atoms with Crippen LogP contribution < -0.4 is 0 Å². The number of hydrogen-bond donors (Lipinski definition) is 1. The summed E-state index contributed by atoms with van der Waals surface area (Å²) in [6.07, 6.45) is 7.29. The first-order valence-corrected chi connectivity index (χ1v) is 8.78. The number of pyridine rings is 1. The Hall–Kier alpha value is -1.78. The minimum absolute atomic E-state index is 0.301. The maximum atomic E-state index is 14.2. The predicted octanol–water partition coefficient (Wildman–Crippen LogP) is 3.63. The van der Waals surface area contributed by atoms with E-state index in [4.69, 9.17) is 0 Å². The van der Waals surface area contributed by atoms with Gasteiger partial charge in [0.1, 0.15) is 5.82 Å². The first-order chi connectivity index (χ1) is 11.7. The zero-order chi connectivity index (χ0) is 16.6. The van der Waals surface area contributed by atoms with Gasteiger partial charge >= 0.3 is 0 Å². The van der Waals surface area contributed by atoms with Crippen LogP contribution in [0.4, 0.5) is 4.39 Å². The molecule has 0 saturated carbocycles. The molecule has 2 aliphatic heterocycles. The van der Waals surface area contributed by atoms with Gasteiger partial charge in [0.15, 0.2) is 0 Å². The molecule has 24 heavy (non-hydrogen) atoms. The summed E-state index contributed by atoms with van der Waals surface area (Å²) in [7, 11) is 0. The molecular formula is C20H23FN2O. The van der Waals surface area contributed by atoms with Gasteiger partial charge in [-0.2, -0.15) is 0 Å². The quantitative estimate of drug-likeness (QED) is 0.936. The van der Waals surface area contributed by atoms with E-state index in [0.29, 0.717) is 30.5 Å². The lowest BCUT2D eigenvalue weighted by molar-refractivity contribution is -0.101. The van der Waals surface area contributed by atoms with Crippen LogP contribution in [0, 0.1) is 5.82 Å². The summed E-state index contributed by atoms with van der Waals surface area (Å²) < 4.78 is 14.2. The fraction of sp³-hybridized carbons (Fsp3) is 0.450. The topological polar surface area (TPSA) is 36.4 Å². The normalized spacial score (nSPS) is 30.2. The van der Waals surface area contributed by atoms with E-state index in [1.165, 1.54) is 18.2 Å². The Morgan fingerprint density at radius 1 is 1.12 bits per heavy atom. The first-order valence-electron chi connectivity index (χ1n) is 8.78. The van der Waals surface area contributed by atoms with Gasteiger partial charge in [-0.1, -0.05) is 36.8 Å². The molecule has 2 saturated heterocycles. The van der Waals surface area contributed by atoms with E-state index in [1.807, 2.05) is 6.07 Å². The van der Waals surface area contributed by atoms with E-state index < -0.39 is 11.4 Å². The molecule has 1 N–H and O–H groups in total. The van der Waals surface area contributed by atoms with Gasteiger partial charge in [0.25, 0.3) is 0 Å². The highest BCUT2D eigenvalue weighted by atomic mass is 19.1. The van der Waals surface area contributed by atoms with Gasteiger partial charge in [0, 0.05) is 30.4 Å². The van der Waals surface area contributed by atoms with Crippen molar-refractivity contribution < 1.29 is 9.50 Å². The summed E-state index contributed by atoms with van der Waals surface area (Å²) >= 11 is 0. The zero-order valence-electron chi connectivity index (χ0n) is 13.7. The molecule has 1 aromatic heterocycles. The number of rotatable bonds is 3. The van der Waals surface area contributed by atoms with Gasteiger partial charge < -0.3 is 5.11 Å². The fourth-order valence-corrected chi connectivity index (χ4v) is 4.55. The molecule has 4 heteroatoms.